The predicted octanol–water partition coefficient (Wildman–Crippen LogP) is 5.88. The molecular formula is C34H48F3N5O5. The van der Waals surface area contributed by atoms with Gasteiger partial charge in [0.05, 0.1) is 23.4 Å². The first kappa shape index (κ1) is 39.1. The maximum Gasteiger partial charge on any atom is 0.416 e. The average Bonchev–Trinajstić information content (AvgIpc) is 2.91. The lowest BCUT2D eigenvalue weighted by Gasteiger charge is -2.30. The Balaban J connectivity index is 2.19. The van der Waals surface area contributed by atoms with Crippen LogP contribution in [0.3, 0.4) is 0 Å². The smallest absolute Gasteiger partial charge is 0.416 e. The lowest BCUT2D eigenvalue weighted by Crippen LogP contribution is -2.54. The number of anilines is 1. The third-order valence-electron chi connectivity index (χ3n) is 7.09. The van der Waals surface area contributed by atoms with Gasteiger partial charge in [-0.2, -0.15) is 13.2 Å². The van der Waals surface area contributed by atoms with Crippen molar-refractivity contribution in [2.75, 3.05) is 25.5 Å². The van der Waals surface area contributed by atoms with Crippen LogP contribution >= 0.6 is 0 Å². The van der Waals surface area contributed by atoms with Gasteiger partial charge in [0, 0.05) is 18.1 Å². The van der Waals surface area contributed by atoms with Crippen molar-refractivity contribution in [1.29, 1.82) is 0 Å². The molecule has 0 heterocycles. The summed E-state index contributed by atoms with van der Waals surface area (Å²) in [5.74, 6) is -2.20. The summed E-state index contributed by atoms with van der Waals surface area (Å²) in [4.78, 5) is 53.6. The van der Waals surface area contributed by atoms with E-state index in [2.05, 4.69) is 45.2 Å². The third kappa shape index (κ3) is 12.9. The van der Waals surface area contributed by atoms with Crippen molar-refractivity contribution >= 4 is 29.5 Å². The van der Waals surface area contributed by atoms with Crippen molar-refractivity contribution in [3.63, 3.8) is 0 Å². The molecule has 2 aromatic carbocycles. The highest BCUT2D eigenvalue weighted by atomic mass is 19.4. The number of amides is 4. The Kier molecular flexibility index (Phi) is 13.0. The normalized spacial score (nSPS) is 13.4. The van der Waals surface area contributed by atoms with Crippen molar-refractivity contribution in [1.82, 2.24) is 20.9 Å². The van der Waals surface area contributed by atoms with Crippen LogP contribution in [0.5, 0.6) is 0 Å². The summed E-state index contributed by atoms with van der Waals surface area (Å²) < 4.78 is 45.5. The molecule has 0 spiro atoms. The zero-order chi connectivity index (χ0) is 35.9. The first-order valence-corrected chi connectivity index (χ1v) is 15.3. The largest absolute Gasteiger partial charge is 0.444 e. The maximum atomic E-state index is 13.5. The fourth-order valence-corrected chi connectivity index (χ4v) is 4.72. The highest BCUT2D eigenvalue weighted by Gasteiger charge is 2.32. The molecule has 2 rings (SSSR count). The van der Waals surface area contributed by atoms with Gasteiger partial charge >= 0.3 is 12.3 Å². The van der Waals surface area contributed by atoms with Crippen LogP contribution in [0.1, 0.15) is 93.5 Å². The summed E-state index contributed by atoms with van der Waals surface area (Å²) in [7, 11) is 1.92. The van der Waals surface area contributed by atoms with Crippen molar-refractivity contribution in [2.45, 2.75) is 98.1 Å². The van der Waals surface area contributed by atoms with Gasteiger partial charge in [0.2, 0.25) is 11.8 Å². The van der Waals surface area contributed by atoms with Crippen LogP contribution in [0.4, 0.5) is 23.7 Å². The highest BCUT2D eigenvalue weighted by molar-refractivity contribution is 6.04. The molecule has 4 amide bonds. The first-order chi connectivity index (χ1) is 21.5. The number of ether oxygens (including phenoxy) is 1. The van der Waals surface area contributed by atoms with Crippen LogP contribution < -0.4 is 21.3 Å². The molecule has 2 atom stereocenters. The Morgan fingerprint density at radius 2 is 1.57 bits per heavy atom. The molecule has 2 aromatic rings. The number of carbonyl (C=O) groups excluding carboxylic acids is 4. The van der Waals surface area contributed by atoms with Gasteiger partial charge < -0.3 is 20.7 Å². The van der Waals surface area contributed by atoms with Gasteiger partial charge in [0.15, 0.2) is 0 Å². The zero-order valence-electron chi connectivity index (χ0n) is 28.9. The Morgan fingerprint density at radius 3 is 2.13 bits per heavy atom. The number of hydrogen-bond acceptors (Lipinski definition) is 6. The van der Waals surface area contributed by atoms with Crippen LogP contribution in [0.15, 0.2) is 36.4 Å². The number of halogens is 3. The van der Waals surface area contributed by atoms with Crippen LogP contribution in [-0.2, 0) is 20.5 Å². The van der Waals surface area contributed by atoms with E-state index < -0.39 is 64.8 Å². The van der Waals surface area contributed by atoms with Gasteiger partial charge in [-0.15, -0.1) is 0 Å². The summed E-state index contributed by atoms with van der Waals surface area (Å²) in [5.41, 5.74) is 0.0393. The number of hydrogen-bond donors (Lipinski definition) is 4. The maximum absolute atomic E-state index is 13.5. The van der Waals surface area contributed by atoms with E-state index in [9.17, 15) is 32.3 Å². The molecule has 0 saturated heterocycles. The quantitative estimate of drug-likeness (QED) is 0.238. The first-order valence-electron chi connectivity index (χ1n) is 15.3. The standard InChI is InChI=1S/C34H48F3N5O5/c1-20-11-13-24(21(2)17-20)22(3)42(10)16-15-27(30(45)41-32(4,5)6)39-28(43)19-38-29(44)25-18-23(34(35,36)37)12-14-26(25)40-31(46)47-33(7,8)9/h11-14,17-18,22,27H,15-16,19H2,1-10H3,(H,38,44)(H,39,43)(H,40,46)(H,41,45). The second kappa shape index (κ2) is 15.6. The molecular weight excluding hydrogens is 615 g/mol. The summed E-state index contributed by atoms with van der Waals surface area (Å²) in [6, 6.07) is 7.49. The fraction of sp³-hybridized carbons (Fsp3) is 0.529. The van der Waals surface area contributed by atoms with Crippen molar-refractivity contribution in [3.8, 4) is 0 Å². The van der Waals surface area contributed by atoms with E-state index in [-0.39, 0.29) is 18.2 Å². The van der Waals surface area contributed by atoms with Crippen LogP contribution in [0.2, 0.25) is 0 Å². The van der Waals surface area contributed by atoms with Crippen LogP contribution in [0, 0.1) is 13.8 Å². The van der Waals surface area contributed by atoms with E-state index in [0.29, 0.717) is 18.7 Å². The van der Waals surface area contributed by atoms with E-state index in [0.717, 1.165) is 22.8 Å². The Bertz CT molecular complexity index is 1450. The number of aryl methyl sites for hydroxylation is 2. The van der Waals surface area contributed by atoms with E-state index in [1.165, 1.54) is 0 Å². The number of rotatable bonds is 11. The Labute approximate surface area is 275 Å². The lowest BCUT2D eigenvalue weighted by atomic mass is 9.99. The number of benzene rings is 2. The van der Waals surface area contributed by atoms with E-state index in [1.807, 2.05) is 27.0 Å². The van der Waals surface area contributed by atoms with Crippen LogP contribution in [-0.4, -0.2) is 66.0 Å². The van der Waals surface area contributed by atoms with E-state index in [4.69, 9.17) is 4.74 Å². The minimum absolute atomic E-state index is 0.0212. The van der Waals surface area contributed by atoms with Crippen molar-refractivity contribution < 1.29 is 37.1 Å². The molecule has 0 aliphatic rings. The van der Waals surface area contributed by atoms with Gasteiger partial charge in [-0.05, 0) is 105 Å². The number of alkyl halides is 3. The van der Waals surface area contributed by atoms with Gasteiger partial charge in [-0.25, -0.2) is 4.79 Å². The molecule has 0 aromatic heterocycles. The number of nitrogens with one attached hydrogen (secondary N) is 4. The second-order valence-corrected chi connectivity index (χ2v) is 13.7. The van der Waals surface area contributed by atoms with E-state index in [1.54, 1.807) is 41.5 Å². The van der Waals surface area contributed by atoms with Crippen LogP contribution in [0.25, 0.3) is 0 Å². The molecule has 10 nitrogen and oxygen atoms in total. The predicted molar refractivity (Wildman–Crippen MR) is 175 cm³/mol. The monoisotopic (exact) mass is 663 g/mol. The minimum atomic E-state index is -4.77. The summed E-state index contributed by atoms with van der Waals surface area (Å²) in [6.45, 7) is 16.1. The molecule has 2 unspecified atom stereocenters. The number of nitrogens with zero attached hydrogens (tertiary/aromatic N) is 1. The molecule has 0 fully saturated rings. The molecule has 4 N–H and O–H groups in total. The van der Waals surface area contributed by atoms with Crippen molar-refractivity contribution in [2.24, 2.45) is 0 Å². The zero-order valence-corrected chi connectivity index (χ0v) is 28.9. The molecule has 13 heteroatoms. The van der Waals surface area contributed by atoms with Gasteiger partial charge in [0.25, 0.3) is 5.91 Å². The van der Waals surface area contributed by atoms with E-state index >= 15 is 0 Å². The molecule has 0 bridgehead atoms. The molecule has 0 aliphatic carbocycles. The van der Waals surface area contributed by atoms with Gasteiger partial charge in [0.1, 0.15) is 11.6 Å². The SMILES string of the molecule is Cc1ccc(C(C)N(C)CCC(NC(=O)CNC(=O)c2cc(C(F)(F)F)ccc2NC(=O)OC(C)(C)C)C(=O)NC(C)(C)C)c(C)c1. The molecule has 0 radical (unpaired) electrons. The molecule has 0 saturated carbocycles. The fourth-order valence-electron chi connectivity index (χ4n) is 4.72. The topological polar surface area (TPSA) is 129 Å². The molecule has 47 heavy (non-hydrogen) atoms. The lowest BCUT2D eigenvalue weighted by molar-refractivity contribution is -0.137. The summed E-state index contributed by atoms with van der Waals surface area (Å²) >= 11 is 0. The highest BCUT2D eigenvalue weighted by Crippen LogP contribution is 2.32. The number of carbonyl (C=O) groups is 4. The Hall–Kier alpha value is -4.13. The Morgan fingerprint density at radius 1 is 0.936 bits per heavy atom. The summed E-state index contributed by atoms with van der Waals surface area (Å²) in [5, 5.41) is 10.1. The third-order valence-corrected chi connectivity index (χ3v) is 7.09. The average molecular weight is 664 g/mol. The van der Waals surface area contributed by atoms with Crippen molar-refractivity contribution in [3.05, 3.63) is 64.2 Å². The second-order valence-electron chi connectivity index (χ2n) is 13.7. The molecule has 260 valence electrons. The van der Waals surface area contributed by atoms with Gasteiger partial charge in [-0.3, -0.25) is 24.6 Å². The minimum Gasteiger partial charge on any atom is -0.444 e. The van der Waals surface area contributed by atoms with Gasteiger partial charge in [-0.1, -0.05) is 23.8 Å². The molecule has 0 aliphatic heterocycles. The summed E-state index contributed by atoms with van der Waals surface area (Å²) in [6.07, 6.45) is -5.51.